The molecule has 1 atom stereocenters. The molecule has 0 bridgehead atoms. The van der Waals surface area contributed by atoms with Gasteiger partial charge in [-0.05, 0) is 44.2 Å². The van der Waals surface area contributed by atoms with E-state index in [2.05, 4.69) is 5.32 Å². The molecule has 0 saturated carbocycles. The molecule has 0 saturated heterocycles. The Balaban J connectivity index is 2.02. The topological polar surface area (TPSA) is 64.6 Å². The second-order valence-electron chi connectivity index (χ2n) is 4.98. The van der Waals surface area contributed by atoms with Gasteiger partial charge in [-0.15, -0.1) is 0 Å². The number of carbonyl (C=O) groups excluding carboxylic acids is 2. The molecule has 0 spiro atoms. The molecule has 2 aromatic carbocycles. The smallest absolute Gasteiger partial charge is 0.338 e. The summed E-state index contributed by atoms with van der Waals surface area (Å²) in [7, 11) is 0. The number of benzene rings is 2. The molecule has 6 heteroatoms. The van der Waals surface area contributed by atoms with Gasteiger partial charge in [-0.1, -0.05) is 18.2 Å². The van der Waals surface area contributed by atoms with Crippen LogP contribution in [-0.2, 0) is 9.53 Å². The highest BCUT2D eigenvalue weighted by molar-refractivity contribution is 5.94. The van der Waals surface area contributed by atoms with Gasteiger partial charge >= 0.3 is 5.97 Å². The highest BCUT2D eigenvalue weighted by atomic mass is 19.1. The third kappa shape index (κ3) is 4.55. The number of carbonyl (C=O) groups is 2. The van der Waals surface area contributed by atoms with Crippen LogP contribution >= 0.6 is 0 Å². The maximum absolute atomic E-state index is 13.5. The predicted octanol–water partition coefficient (Wildman–Crippen LogP) is 3.41. The van der Waals surface area contributed by atoms with Crippen molar-refractivity contribution in [2.75, 3.05) is 11.9 Å². The summed E-state index contributed by atoms with van der Waals surface area (Å²) in [6, 6.07) is 12.2. The van der Waals surface area contributed by atoms with Crippen molar-refractivity contribution in [3.8, 4) is 5.75 Å². The van der Waals surface area contributed by atoms with E-state index in [0.717, 1.165) is 0 Å². The van der Waals surface area contributed by atoms with E-state index < -0.39 is 23.8 Å². The number of nitrogens with one attached hydrogen (secondary N) is 1. The molecule has 0 heterocycles. The van der Waals surface area contributed by atoms with Gasteiger partial charge < -0.3 is 14.8 Å². The van der Waals surface area contributed by atoms with Gasteiger partial charge in [0.05, 0.1) is 17.9 Å². The minimum Gasteiger partial charge on any atom is -0.481 e. The first-order valence-corrected chi connectivity index (χ1v) is 7.50. The van der Waals surface area contributed by atoms with Crippen LogP contribution in [0, 0.1) is 5.82 Å². The van der Waals surface area contributed by atoms with Crippen molar-refractivity contribution in [2.45, 2.75) is 20.0 Å². The normalized spacial score (nSPS) is 11.5. The summed E-state index contributed by atoms with van der Waals surface area (Å²) in [5, 5.41) is 2.46. The fraction of sp³-hybridized carbons (Fsp3) is 0.222. The lowest BCUT2D eigenvalue weighted by molar-refractivity contribution is -0.122. The third-order valence-electron chi connectivity index (χ3n) is 3.16. The van der Waals surface area contributed by atoms with Crippen molar-refractivity contribution >= 4 is 17.6 Å². The molecule has 0 radical (unpaired) electrons. The number of hydrogen-bond donors (Lipinski definition) is 1. The molecule has 0 aliphatic carbocycles. The first kappa shape index (κ1) is 17.5. The second-order valence-corrected chi connectivity index (χ2v) is 4.98. The summed E-state index contributed by atoms with van der Waals surface area (Å²) < 4.78 is 24.0. The van der Waals surface area contributed by atoms with E-state index >= 15 is 0 Å². The molecule has 0 fully saturated rings. The summed E-state index contributed by atoms with van der Waals surface area (Å²) in [6.45, 7) is 3.52. The Morgan fingerprint density at radius 2 is 1.92 bits per heavy atom. The zero-order chi connectivity index (χ0) is 17.5. The highest BCUT2D eigenvalue weighted by Gasteiger charge is 2.17. The van der Waals surface area contributed by atoms with Crippen molar-refractivity contribution in [3.63, 3.8) is 0 Å². The summed E-state index contributed by atoms with van der Waals surface area (Å²) in [5.74, 6) is -1.15. The van der Waals surface area contributed by atoms with Gasteiger partial charge in [0.15, 0.2) is 6.10 Å². The molecule has 1 amide bonds. The zero-order valence-corrected chi connectivity index (χ0v) is 13.4. The molecule has 2 rings (SSSR count). The molecular formula is C18H18FNO4. The van der Waals surface area contributed by atoms with Crippen LogP contribution < -0.4 is 10.1 Å². The van der Waals surface area contributed by atoms with Crippen LogP contribution in [0.2, 0.25) is 0 Å². The quantitative estimate of drug-likeness (QED) is 0.824. The molecule has 24 heavy (non-hydrogen) atoms. The molecule has 0 aliphatic rings. The third-order valence-corrected chi connectivity index (χ3v) is 3.16. The molecule has 0 unspecified atom stereocenters. The van der Waals surface area contributed by atoms with E-state index in [1.807, 2.05) is 0 Å². The number of ether oxygens (including phenoxy) is 2. The summed E-state index contributed by atoms with van der Waals surface area (Å²) in [4.78, 5) is 23.8. The number of anilines is 1. The first-order chi connectivity index (χ1) is 11.5. The van der Waals surface area contributed by atoms with E-state index in [4.69, 9.17) is 9.47 Å². The summed E-state index contributed by atoms with van der Waals surface area (Å²) in [6.07, 6.45) is -0.873. The lowest BCUT2D eigenvalue weighted by Gasteiger charge is -2.15. The van der Waals surface area contributed by atoms with Crippen molar-refractivity contribution in [1.29, 1.82) is 0 Å². The Hall–Kier alpha value is -2.89. The molecule has 0 aliphatic heterocycles. The Morgan fingerprint density at radius 1 is 1.17 bits per heavy atom. The summed E-state index contributed by atoms with van der Waals surface area (Å²) >= 11 is 0. The van der Waals surface area contributed by atoms with Crippen LogP contribution in [0.4, 0.5) is 10.1 Å². The van der Waals surface area contributed by atoms with Gasteiger partial charge in [-0.2, -0.15) is 0 Å². The van der Waals surface area contributed by atoms with E-state index in [9.17, 15) is 14.0 Å². The van der Waals surface area contributed by atoms with Gasteiger partial charge in [0.2, 0.25) is 0 Å². The van der Waals surface area contributed by atoms with Crippen LogP contribution in [0.15, 0.2) is 48.5 Å². The first-order valence-electron chi connectivity index (χ1n) is 7.50. The van der Waals surface area contributed by atoms with Crippen molar-refractivity contribution in [3.05, 3.63) is 59.9 Å². The molecule has 1 N–H and O–H groups in total. The summed E-state index contributed by atoms with van der Waals surface area (Å²) in [5.41, 5.74) is 0.411. The molecular weight excluding hydrogens is 313 g/mol. The standard InChI is InChI=1S/C18H18FNO4/c1-3-23-18(22)13-7-6-8-14(11-13)24-12(2)17(21)20-16-10-5-4-9-15(16)19/h4-12H,3H2,1-2H3,(H,20,21)/t12-/m1/s1. The fourth-order valence-corrected chi connectivity index (χ4v) is 1.97. The van der Waals surface area contributed by atoms with E-state index in [1.54, 1.807) is 31.2 Å². The monoisotopic (exact) mass is 331 g/mol. The number of halogens is 1. The minimum atomic E-state index is -0.873. The Morgan fingerprint density at radius 3 is 2.62 bits per heavy atom. The van der Waals surface area contributed by atoms with E-state index in [0.29, 0.717) is 11.3 Å². The average Bonchev–Trinajstić information content (AvgIpc) is 2.57. The van der Waals surface area contributed by atoms with Crippen LogP contribution in [0.1, 0.15) is 24.2 Å². The van der Waals surface area contributed by atoms with Crippen LogP contribution in [-0.4, -0.2) is 24.6 Å². The highest BCUT2D eigenvalue weighted by Crippen LogP contribution is 2.17. The van der Waals surface area contributed by atoms with Gasteiger partial charge in [-0.25, -0.2) is 9.18 Å². The number of hydrogen-bond acceptors (Lipinski definition) is 4. The number of para-hydroxylation sites is 1. The van der Waals surface area contributed by atoms with Gasteiger partial charge in [0.25, 0.3) is 5.91 Å². The van der Waals surface area contributed by atoms with Gasteiger partial charge in [0, 0.05) is 0 Å². The van der Waals surface area contributed by atoms with Gasteiger partial charge in [-0.3, -0.25) is 4.79 Å². The average molecular weight is 331 g/mol. The van der Waals surface area contributed by atoms with Crippen molar-refractivity contribution in [1.82, 2.24) is 0 Å². The van der Waals surface area contributed by atoms with Crippen molar-refractivity contribution in [2.24, 2.45) is 0 Å². The van der Waals surface area contributed by atoms with Crippen LogP contribution in [0.3, 0.4) is 0 Å². The van der Waals surface area contributed by atoms with Crippen molar-refractivity contribution < 1.29 is 23.5 Å². The SMILES string of the molecule is CCOC(=O)c1cccc(O[C@H](C)C(=O)Nc2ccccc2F)c1. The minimum absolute atomic E-state index is 0.0817. The van der Waals surface area contributed by atoms with E-state index in [1.165, 1.54) is 31.2 Å². The molecule has 0 aromatic heterocycles. The number of rotatable bonds is 6. The predicted molar refractivity (Wildman–Crippen MR) is 87.5 cm³/mol. The Labute approximate surface area is 139 Å². The Kier molecular flexibility index (Phi) is 5.89. The lowest BCUT2D eigenvalue weighted by atomic mass is 10.2. The van der Waals surface area contributed by atoms with Crippen LogP contribution in [0.25, 0.3) is 0 Å². The number of amides is 1. The largest absolute Gasteiger partial charge is 0.481 e. The number of esters is 1. The van der Waals surface area contributed by atoms with Crippen LogP contribution in [0.5, 0.6) is 5.75 Å². The zero-order valence-electron chi connectivity index (χ0n) is 13.4. The van der Waals surface area contributed by atoms with Gasteiger partial charge in [0.1, 0.15) is 11.6 Å². The lowest BCUT2D eigenvalue weighted by Crippen LogP contribution is -2.30. The molecule has 126 valence electrons. The fourth-order valence-electron chi connectivity index (χ4n) is 1.97. The maximum Gasteiger partial charge on any atom is 0.338 e. The Bertz CT molecular complexity index is 732. The maximum atomic E-state index is 13.5. The molecule has 5 nitrogen and oxygen atoms in total. The molecule has 2 aromatic rings. The second kappa shape index (κ2) is 8.10. The van der Waals surface area contributed by atoms with E-state index in [-0.39, 0.29) is 12.3 Å².